The minimum atomic E-state index is -3.56. The van der Waals surface area contributed by atoms with Crippen LogP contribution in [0.5, 0.6) is 0 Å². The summed E-state index contributed by atoms with van der Waals surface area (Å²) in [5, 5.41) is 2.87. The maximum absolute atomic E-state index is 12.2. The Hall–Kier alpha value is -1.44. The molecule has 1 aromatic rings. The predicted octanol–water partition coefficient (Wildman–Crippen LogP) is 1.04. The molecule has 1 atom stereocenters. The van der Waals surface area contributed by atoms with Gasteiger partial charge in [-0.1, -0.05) is 0 Å². The van der Waals surface area contributed by atoms with Gasteiger partial charge in [-0.2, -0.15) is 0 Å². The first-order valence-corrected chi connectivity index (χ1v) is 9.05. The van der Waals surface area contributed by atoms with Crippen molar-refractivity contribution in [1.29, 1.82) is 0 Å². The van der Waals surface area contributed by atoms with Gasteiger partial charge in [0.2, 0.25) is 10.0 Å². The number of nitrogens with one attached hydrogen (secondary N) is 2. The van der Waals surface area contributed by atoms with Crippen LogP contribution < -0.4 is 10.0 Å². The highest BCUT2D eigenvalue weighted by Crippen LogP contribution is 2.20. The SMILES string of the molecule is O=C(NC1CC1)c1ccc(S(=O)(=O)NCC2CCCO2)cc1. The molecular weight excluding hydrogens is 304 g/mol. The lowest BCUT2D eigenvalue weighted by molar-refractivity contribution is 0.0951. The number of hydrogen-bond donors (Lipinski definition) is 2. The maximum atomic E-state index is 12.2. The van der Waals surface area contributed by atoms with Gasteiger partial charge < -0.3 is 10.1 Å². The van der Waals surface area contributed by atoms with Crippen LogP contribution >= 0.6 is 0 Å². The molecule has 2 N–H and O–H groups in total. The number of carbonyl (C=O) groups excluding carboxylic acids is 1. The van der Waals surface area contributed by atoms with E-state index in [4.69, 9.17) is 4.74 Å². The topological polar surface area (TPSA) is 84.5 Å². The Morgan fingerprint density at radius 2 is 1.91 bits per heavy atom. The molecule has 1 aromatic carbocycles. The minimum absolute atomic E-state index is 0.0432. The highest BCUT2D eigenvalue weighted by Gasteiger charge is 2.24. The van der Waals surface area contributed by atoms with Gasteiger partial charge in [-0.15, -0.1) is 0 Å². The van der Waals surface area contributed by atoms with Crippen molar-refractivity contribution in [3.63, 3.8) is 0 Å². The molecule has 1 heterocycles. The third-order valence-electron chi connectivity index (χ3n) is 3.86. The minimum Gasteiger partial charge on any atom is -0.377 e. The molecule has 1 saturated heterocycles. The maximum Gasteiger partial charge on any atom is 0.251 e. The highest BCUT2D eigenvalue weighted by molar-refractivity contribution is 7.89. The average molecular weight is 324 g/mol. The van der Waals surface area contributed by atoms with E-state index >= 15 is 0 Å². The van der Waals surface area contributed by atoms with Crippen molar-refractivity contribution in [1.82, 2.24) is 10.0 Å². The van der Waals surface area contributed by atoms with Crippen molar-refractivity contribution in [2.75, 3.05) is 13.2 Å². The molecule has 1 saturated carbocycles. The van der Waals surface area contributed by atoms with Crippen LogP contribution in [0.4, 0.5) is 0 Å². The highest BCUT2D eigenvalue weighted by atomic mass is 32.2. The van der Waals surface area contributed by atoms with Crippen molar-refractivity contribution in [3.05, 3.63) is 29.8 Å². The molecule has 0 radical (unpaired) electrons. The van der Waals surface area contributed by atoms with E-state index in [1.807, 2.05) is 0 Å². The second-order valence-electron chi connectivity index (χ2n) is 5.76. The van der Waals surface area contributed by atoms with Crippen molar-refractivity contribution in [2.24, 2.45) is 0 Å². The van der Waals surface area contributed by atoms with Gasteiger partial charge in [0.15, 0.2) is 0 Å². The molecule has 1 unspecified atom stereocenters. The summed E-state index contributed by atoms with van der Waals surface area (Å²) in [7, 11) is -3.56. The summed E-state index contributed by atoms with van der Waals surface area (Å²) < 4.78 is 32.3. The second-order valence-corrected chi connectivity index (χ2v) is 7.53. The molecule has 0 aromatic heterocycles. The monoisotopic (exact) mass is 324 g/mol. The molecule has 7 heteroatoms. The average Bonchev–Trinajstić information content (AvgIpc) is 3.16. The van der Waals surface area contributed by atoms with Gasteiger partial charge >= 0.3 is 0 Å². The number of hydrogen-bond acceptors (Lipinski definition) is 4. The van der Waals surface area contributed by atoms with Crippen molar-refractivity contribution < 1.29 is 17.9 Å². The number of benzene rings is 1. The Labute approximate surface area is 130 Å². The Kier molecular flexibility index (Phi) is 4.46. The Morgan fingerprint density at radius 1 is 1.18 bits per heavy atom. The second kappa shape index (κ2) is 6.36. The zero-order chi connectivity index (χ0) is 15.6. The van der Waals surface area contributed by atoms with E-state index in [2.05, 4.69) is 10.0 Å². The number of carbonyl (C=O) groups is 1. The third-order valence-corrected chi connectivity index (χ3v) is 5.30. The van der Waals surface area contributed by atoms with Crippen LogP contribution in [0.2, 0.25) is 0 Å². The van der Waals surface area contributed by atoms with Gasteiger partial charge in [0, 0.05) is 24.8 Å². The van der Waals surface area contributed by atoms with Crippen molar-refractivity contribution >= 4 is 15.9 Å². The molecule has 1 aliphatic heterocycles. The largest absolute Gasteiger partial charge is 0.377 e. The Morgan fingerprint density at radius 3 is 2.50 bits per heavy atom. The van der Waals surface area contributed by atoms with E-state index in [0.717, 1.165) is 25.7 Å². The fraction of sp³-hybridized carbons (Fsp3) is 0.533. The zero-order valence-electron chi connectivity index (χ0n) is 12.2. The quantitative estimate of drug-likeness (QED) is 0.819. The van der Waals surface area contributed by atoms with Crippen LogP contribution in [0.25, 0.3) is 0 Å². The third kappa shape index (κ3) is 3.85. The van der Waals surface area contributed by atoms with Gasteiger partial charge in [0.1, 0.15) is 0 Å². The lowest BCUT2D eigenvalue weighted by Gasteiger charge is -2.11. The summed E-state index contributed by atoms with van der Waals surface area (Å²) in [6.07, 6.45) is 3.84. The van der Waals surface area contributed by atoms with Crippen LogP contribution in [-0.2, 0) is 14.8 Å². The van der Waals surface area contributed by atoms with Crippen LogP contribution in [0.15, 0.2) is 29.2 Å². The number of amides is 1. The summed E-state index contributed by atoms with van der Waals surface area (Å²) >= 11 is 0. The van der Waals surface area contributed by atoms with Gasteiger partial charge in [0.25, 0.3) is 5.91 Å². The molecule has 2 aliphatic rings. The first-order valence-electron chi connectivity index (χ1n) is 7.57. The molecular formula is C15H20N2O4S. The lowest BCUT2D eigenvalue weighted by Crippen LogP contribution is -2.32. The van der Waals surface area contributed by atoms with E-state index in [0.29, 0.717) is 12.2 Å². The molecule has 3 rings (SSSR count). The summed E-state index contributed by atoms with van der Waals surface area (Å²) in [4.78, 5) is 12.0. The zero-order valence-corrected chi connectivity index (χ0v) is 13.1. The van der Waals surface area contributed by atoms with E-state index in [9.17, 15) is 13.2 Å². The first-order chi connectivity index (χ1) is 10.5. The van der Waals surface area contributed by atoms with E-state index in [1.54, 1.807) is 12.1 Å². The van der Waals surface area contributed by atoms with Crippen LogP contribution in [-0.4, -0.2) is 39.6 Å². The first kappa shape index (κ1) is 15.5. The molecule has 0 spiro atoms. The van der Waals surface area contributed by atoms with Gasteiger partial charge in [-0.25, -0.2) is 13.1 Å². The van der Waals surface area contributed by atoms with E-state index in [-0.39, 0.29) is 29.5 Å². The molecule has 1 aliphatic carbocycles. The van der Waals surface area contributed by atoms with Crippen LogP contribution in [0.3, 0.4) is 0 Å². The van der Waals surface area contributed by atoms with E-state index in [1.165, 1.54) is 12.1 Å². The van der Waals surface area contributed by atoms with Gasteiger partial charge in [0.05, 0.1) is 11.0 Å². The molecule has 120 valence electrons. The predicted molar refractivity (Wildman–Crippen MR) is 81.1 cm³/mol. The fourth-order valence-corrected chi connectivity index (χ4v) is 3.44. The van der Waals surface area contributed by atoms with Crippen molar-refractivity contribution in [2.45, 2.75) is 42.7 Å². The fourth-order valence-electron chi connectivity index (χ4n) is 2.37. The van der Waals surface area contributed by atoms with Crippen LogP contribution in [0.1, 0.15) is 36.0 Å². The summed E-state index contributed by atoms with van der Waals surface area (Å²) in [6.45, 7) is 0.976. The Bertz CT molecular complexity index is 632. The van der Waals surface area contributed by atoms with Crippen LogP contribution in [0, 0.1) is 0 Å². The normalized spacial score (nSPS) is 21.7. The molecule has 2 fully saturated rings. The molecule has 22 heavy (non-hydrogen) atoms. The number of rotatable bonds is 6. The van der Waals surface area contributed by atoms with Gasteiger partial charge in [-0.3, -0.25) is 4.79 Å². The Balaban J connectivity index is 1.61. The van der Waals surface area contributed by atoms with Crippen molar-refractivity contribution in [3.8, 4) is 0 Å². The summed E-state index contributed by atoms with van der Waals surface area (Å²) in [5.74, 6) is -0.154. The van der Waals surface area contributed by atoms with Gasteiger partial charge in [-0.05, 0) is 49.9 Å². The smallest absolute Gasteiger partial charge is 0.251 e. The molecule has 1 amide bonds. The van der Waals surface area contributed by atoms with E-state index < -0.39 is 10.0 Å². The number of ether oxygens (including phenoxy) is 1. The summed E-state index contributed by atoms with van der Waals surface area (Å²) in [6, 6.07) is 6.28. The standard InChI is InChI=1S/C15H20N2O4S/c18-15(17-12-5-6-12)11-3-7-14(8-4-11)22(19,20)16-10-13-2-1-9-21-13/h3-4,7-8,12-13,16H,1-2,5-6,9-10H2,(H,17,18). The lowest BCUT2D eigenvalue weighted by atomic mass is 10.2. The molecule has 0 bridgehead atoms. The number of sulfonamides is 1. The molecule has 6 nitrogen and oxygen atoms in total. The summed E-state index contributed by atoms with van der Waals surface area (Å²) in [5.41, 5.74) is 0.477.